The van der Waals surface area contributed by atoms with Crippen molar-refractivity contribution >= 4 is 11.6 Å². The maximum Gasteiger partial charge on any atom is 0.435 e. The van der Waals surface area contributed by atoms with Crippen LogP contribution < -0.4 is 4.90 Å². The van der Waals surface area contributed by atoms with Gasteiger partial charge in [0.2, 0.25) is 0 Å². The molecule has 0 saturated heterocycles. The van der Waals surface area contributed by atoms with Crippen molar-refractivity contribution in [3.05, 3.63) is 78.0 Å². The van der Waals surface area contributed by atoms with Gasteiger partial charge in [0.15, 0.2) is 5.69 Å². The number of benzene rings is 1. The molecule has 180 valence electrons. The van der Waals surface area contributed by atoms with Crippen LogP contribution in [0.15, 0.2) is 60.9 Å². The Labute approximate surface area is 196 Å². The summed E-state index contributed by atoms with van der Waals surface area (Å²) in [5.41, 5.74) is -1.25. The molecule has 0 radical (unpaired) electrons. The molecule has 0 bridgehead atoms. The Morgan fingerprint density at radius 3 is 2.29 bits per heavy atom. The molecule has 1 amide bonds. The lowest BCUT2D eigenvalue weighted by molar-refractivity contribution is -0.140. The van der Waals surface area contributed by atoms with Crippen LogP contribution in [0.3, 0.4) is 0 Å². The van der Waals surface area contributed by atoms with E-state index in [2.05, 4.69) is 14.9 Å². The number of carbonyl (C=O) groups is 1. The van der Waals surface area contributed by atoms with Crippen LogP contribution in [0.2, 0.25) is 0 Å². The second kappa shape index (κ2) is 11.2. The Hall–Kier alpha value is -3.33. The summed E-state index contributed by atoms with van der Waals surface area (Å²) in [4.78, 5) is 24.0. The zero-order valence-electron chi connectivity index (χ0n) is 19.0. The SMILES string of the molecule is CCN(CC)CCCN(C(=O)c1ccccc1)c1ccc(-c2cncc(F)c2)nc1C(F)(F)F. The average molecular weight is 475 g/mol. The molecule has 0 aliphatic rings. The van der Waals surface area contributed by atoms with Crippen molar-refractivity contribution in [2.45, 2.75) is 26.4 Å². The van der Waals surface area contributed by atoms with E-state index < -0.39 is 23.6 Å². The Kier molecular flexibility index (Phi) is 8.33. The molecule has 0 fully saturated rings. The van der Waals surface area contributed by atoms with E-state index >= 15 is 0 Å². The summed E-state index contributed by atoms with van der Waals surface area (Å²) in [6, 6.07) is 11.8. The average Bonchev–Trinajstić information content (AvgIpc) is 2.83. The summed E-state index contributed by atoms with van der Waals surface area (Å²) < 4.78 is 55.9. The van der Waals surface area contributed by atoms with Gasteiger partial charge in [0, 0.05) is 23.9 Å². The fourth-order valence-corrected chi connectivity index (χ4v) is 3.65. The molecule has 0 unspecified atom stereocenters. The van der Waals surface area contributed by atoms with Gasteiger partial charge in [-0.05, 0) is 56.4 Å². The van der Waals surface area contributed by atoms with E-state index in [1.807, 2.05) is 13.8 Å². The van der Waals surface area contributed by atoms with Crippen LogP contribution in [0, 0.1) is 5.82 Å². The lowest BCUT2D eigenvalue weighted by atomic mass is 10.1. The minimum atomic E-state index is -4.83. The third kappa shape index (κ3) is 6.17. The topological polar surface area (TPSA) is 49.3 Å². The number of anilines is 1. The van der Waals surface area contributed by atoms with Gasteiger partial charge >= 0.3 is 6.18 Å². The molecule has 5 nitrogen and oxygen atoms in total. The molecule has 34 heavy (non-hydrogen) atoms. The molecule has 0 aliphatic carbocycles. The van der Waals surface area contributed by atoms with Gasteiger partial charge in [-0.25, -0.2) is 9.37 Å². The van der Waals surface area contributed by atoms with Gasteiger partial charge in [-0.15, -0.1) is 0 Å². The molecule has 0 atom stereocenters. The number of rotatable bonds is 9. The third-order valence-electron chi connectivity index (χ3n) is 5.45. The summed E-state index contributed by atoms with van der Waals surface area (Å²) in [6.45, 7) is 6.32. The van der Waals surface area contributed by atoms with E-state index in [4.69, 9.17) is 0 Å². The second-order valence-electron chi connectivity index (χ2n) is 7.66. The number of aromatic nitrogens is 2. The highest BCUT2D eigenvalue weighted by Gasteiger charge is 2.38. The van der Waals surface area contributed by atoms with Crippen LogP contribution in [-0.2, 0) is 6.18 Å². The van der Waals surface area contributed by atoms with Crippen molar-refractivity contribution < 1.29 is 22.4 Å². The Morgan fingerprint density at radius 2 is 1.68 bits per heavy atom. The van der Waals surface area contributed by atoms with Gasteiger partial charge in [0.05, 0.1) is 17.6 Å². The highest BCUT2D eigenvalue weighted by molar-refractivity contribution is 6.06. The van der Waals surface area contributed by atoms with Crippen molar-refractivity contribution in [2.24, 2.45) is 0 Å². The Morgan fingerprint density at radius 1 is 0.971 bits per heavy atom. The molecule has 9 heteroatoms. The number of nitrogens with zero attached hydrogens (tertiary/aromatic N) is 4. The van der Waals surface area contributed by atoms with E-state index in [0.29, 0.717) is 13.0 Å². The van der Waals surface area contributed by atoms with Crippen LogP contribution in [0.1, 0.15) is 36.3 Å². The van der Waals surface area contributed by atoms with E-state index in [1.54, 1.807) is 30.3 Å². The van der Waals surface area contributed by atoms with Gasteiger partial charge in [-0.2, -0.15) is 13.2 Å². The number of alkyl halides is 3. The number of hydrogen-bond acceptors (Lipinski definition) is 4. The van der Waals surface area contributed by atoms with E-state index in [1.165, 1.54) is 18.3 Å². The molecule has 2 heterocycles. The van der Waals surface area contributed by atoms with Gasteiger partial charge in [-0.3, -0.25) is 9.78 Å². The minimum Gasteiger partial charge on any atom is -0.306 e. The first-order valence-corrected chi connectivity index (χ1v) is 11.0. The summed E-state index contributed by atoms with van der Waals surface area (Å²) in [5, 5.41) is 0. The second-order valence-corrected chi connectivity index (χ2v) is 7.66. The number of halogens is 4. The van der Waals surface area contributed by atoms with Gasteiger partial charge in [-0.1, -0.05) is 32.0 Å². The fraction of sp³-hybridized carbons (Fsp3) is 0.320. The van der Waals surface area contributed by atoms with Gasteiger partial charge < -0.3 is 9.80 Å². The molecule has 3 aromatic rings. The molecule has 0 spiro atoms. The number of hydrogen-bond donors (Lipinski definition) is 0. The third-order valence-corrected chi connectivity index (χ3v) is 5.45. The quantitative estimate of drug-likeness (QED) is 0.375. The van der Waals surface area contributed by atoms with E-state index in [-0.39, 0.29) is 29.1 Å². The van der Waals surface area contributed by atoms with E-state index in [0.717, 1.165) is 30.3 Å². The maximum atomic E-state index is 14.1. The Balaban J connectivity index is 2.04. The highest BCUT2D eigenvalue weighted by atomic mass is 19.4. The molecule has 2 aromatic heterocycles. The molecule has 1 aromatic carbocycles. The van der Waals surface area contributed by atoms with Crippen LogP contribution in [0.5, 0.6) is 0 Å². The van der Waals surface area contributed by atoms with Crippen LogP contribution in [0.25, 0.3) is 11.3 Å². The lowest BCUT2D eigenvalue weighted by Crippen LogP contribution is -2.36. The number of amides is 1. The van der Waals surface area contributed by atoms with Crippen LogP contribution in [-0.4, -0.2) is 47.0 Å². The molecule has 0 aliphatic heterocycles. The molecule has 0 saturated carbocycles. The van der Waals surface area contributed by atoms with Gasteiger partial charge in [0.1, 0.15) is 5.82 Å². The van der Waals surface area contributed by atoms with E-state index in [9.17, 15) is 22.4 Å². The maximum absolute atomic E-state index is 14.1. The van der Waals surface area contributed by atoms with Crippen LogP contribution >= 0.6 is 0 Å². The number of pyridine rings is 2. The minimum absolute atomic E-state index is 0.0792. The first-order chi connectivity index (χ1) is 16.2. The molecular weight excluding hydrogens is 448 g/mol. The lowest BCUT2D eigenvalue weighted by Gasteiger charge is -2.27. The molecule has 0 N–H and O–H groups in total. The molecular formula is C25H26F4N4O. The first kappa shape index (κ1) is 25.3. The highest BCUT2D eigenvalue weighted by Crippen LogP contribution is 2.37. The summed E-state index contributed by atoms with van der Waals surface area (Å²) in [5.74, 6) is -1.23. The van der Waals surface area contributed by atoms with Crippen LogP contribution in [0.4, 0.5) is 23.2 Å². The van der Waals surface area contributed by atoms with Gasteiger partial charge in [0.25, 0.3) is 5.91 Å². The summed E-state index contributed by atoms with van der Waals surface area (Å²) in [7, 11) is 0. The largest absolute Gasteiger partial charge is 0.435 e. The monoisotopic (exact) mass is 474 g/mol. The number of carbonyl (C=O) groups excluding carboxylic acids is 1. The Bertz CT molecular complexity index is 1100. The fourth-order valence-electron chi connectivity index (χ4n) is 3.65. The summed E-state index contributed by atoms with van der Waals surface area (Å²) in [6.07, 6.45) is -2.16. The normalized spacial score (nSPS) is 11.6. The predicted molar refractivity (Wildman–Crippen MR) is 123 cm³/mol. The zero-order chi connectivity index (χ0) is 24.7. The van der Waals surface area contributed by atoms with Crippen molar-refractivity contribution in [3.63, 3.8) is 0 Å². The smallest absolute Gasteiger partial charge is 0.306 e. The van der Waals surface area contributed by atoms with Crippen molar-refractivity contribution in [1.29, 1.82) is 0 Å². The summed E-state index contributed by atoms with van der Waals surface area (Å²) >= 11 is 0. The van der Waals surface area contributed by atoms with Crippen molar-refractivity contribution in [3.8, 4) is 11.3 Å². The predicted octanol–water partition coefficient (Wildman–Crippen LogP) is 5.68. The van der Waals surface area contributed by atoms with Crippen molar-refractivity contribution in [1.82, 2.24) is 14.9 Å². The first-order valence-electron chi connectivity index (χ1n) is 11.0. The standard InChI is InChI=1S/C25H26F4N4O/c1-3-32(4-2)13-8-14-33(24(34)18-9-6-5-7-10-18)22-12-11-21(31-23(22)25(27,28)29)19-15-20(26)17-30-16-19/h5-7,9-12,15-17H,3-4,8,13-14H2,1-2H3. The zero-order valence-corrected chi connectivity index (χ0v) is 19.0. The van der Waals surface area contributed by atoms with Crippen molar-refractivity contribution in [2.75, 3.05) is 31.1 Å². The molecule has 3 rings (SSSR count).